The van der Waals surface area contributed by atoms with Crippen molar-refractivity contribution >= 4 is 31.2 Å². The first-order valence-electron chi connectivity index (χ1n) is 7.99. The molecule has 0 saturated carbocycles. The van der Waals surface area contributed by atoms with Crippen molar-refractivity contribution in [3.63, 3.8) is 0 Å². The summed E-state index contributed by atoms with van der Waals surface area (Å²) in [6.45, 7) is 1.87. The molecule has 3 aromatic carbocycles. The Morgan fingerprint density at radius 3 is 1.63 bits per heavy atom. The van der Waals surface area contributed by atoms with Crippen molar-refractivity contribution in [2.45, 2.75) is 21.6 Å². The van der Waals surface area contributed by atoms with E-state index in [1.807, 2.05) is 6.92 Å². The second-order valence-electron chi connectivity index (χ2n) is 6.02. The lowest BCUT2D eigenvalue weighted by molar-refractivity contribution is 0.596. The number of rotatable bonds is 5. The van der Waals surface area contributed by atoms with Crippen LogP contribution in [-0.4, -0.2) is 16.8 Å². The topological polar surface area (TPSA) is 106 Å². The van der Waals surface area contributed by atoms with Gasteiger partial charge in [0.2, 0.25) is 9.84 Å². The molecule has 6 nitrogen and oxygen atoms in total. The standard InChI is InChI=1S/C19H18N2O4S2/c1-14-2-8-19(9-3-14)27(24,25)21-16-6-12-18(13-7-16)26(22,23)17-10-4-15(20)5-11-17/h2-13,21H,20H2,1H3. The first kappa shape index (κ1) is 18.9. The number of anilines is 2. The maximum Gasteiger partial charge on any atom is 0.261 e. The lowest BCUT2D eigenvalue weighted by atomic mass is 10.2. The minimum atomic E-state index is -3.75. The predicted octanol–water partition coefficient (Wildman–Crippen LogP) is 3.21. The third-order valence-corrected chi connectivity index (χ3v) is 7.12. The highest BCUT2D eigenvalue weighted by molar-refractivity contribution is 7.92. The number of sulfone groups is 1. The summed E-state index contributed by atoms with van der Waals surface area (Å²) >= 11 is 0. The average molecular weight is 402 g/mol. The summed E-state index contributed by atoms with van der Waals surface area (Å²) in [5.74, 6) is 0. The zero-order chi connectivity index (χ0) is 19.7. The summed E-state index contributed by atoms with van der Waals surface area (Å²) < 4.78 is 52.5. The summed E-state index contributed by atoms with van der Waals surface area (Å²) in [6, 6.07) is 17.9. The van der Waals surface area contributed by atoms with Gasteiger partial charge in [-0.25, -0.2) is 16.8 Å². The Bertz CT molecular complexity index is 1150. The maximum atomic E-state index is 12.6. The molecule has 0 aliphatic heterocycles. The van der Waals surface area contributed by atoms with E-state index in [4.69, 9.17) is 5.73 Å². The van der Waals surface area contributed by atoms with E-state index in [9.17, 15) is 16.8 Å². The lowest BCUT2D eigenvalue weighted by Gasteiger charge is -2.10. The summed E-state index contributed by atoms with van der Waals surface area (Å²) in [5.41, 5.74) is 7.27. The Balaban J connectivity index is 1.85. The quantitative estimate of drug-likeness (QED) is 0.638. The van der Waals surface area contributed by atoms with E-state index in [1.165, 1.54) is 60.7 Å². The molecule has 3 aromatic rings. The molecule has 0 amide bonds. The average Bonchev–Trinajstić information content (AvgIpc) is 2.62. The van der Waals surface area contributed by atoms with E-state index in [0.29, 0.717) is 5.69 Å². The molecule has 140 valence electrons. The second kappa shape index (κ2) is 7.05. The Morgan fingerprint density at radius 2 is 1.11 bits per heavy atom. The van der Waals surface area contributed by atoms with E-state index in [-0.39, 0.29) is 20.4 Å². The summed E-state index contributed by atoms with van der Waals surface area (Å²) in [6.07, 6.45) is 0. The summed E-state index contributed by atoms with van der Waals surface area (Å²) in [5, 5.41) is 0. The molecule has 0 spiro atoms. The molecular weight excluding hydrogens is 384 g/mol. The first-order valence-corrected chi connectivity index (χ1v) is 11.0. The van der Waals surface area contributed by atoms with Gasteiger partial charge in [0.1, 0.15) is 0 Å². The van der Waals surface area contributed by atoms with Crippen molar-refractivity contribution in [1.82, 2.24) is 0 Å². The van der Waals surface area contributed by atoms with Gasteiger partial charge in [-0.3, -0.25) is 4.72 Å². The zero-order valence-electron chi connectivity index (χ0n) is 14.5. The Labute approximate surface area is 158 Å². The monoisotopic (exact) mass is 402 g/mol. The number of hydrogen-bond donors (Lipinski definition) is 2. The summed E-state index contributed by atoms with van der Waals surface area (Å²) in [7, 11) is -7.45. The molecule has 3 N–H and O–H groups in total. The molecule has 27 heavy (non-hydrogen) atoms. The molecule has 0 heterocycles. The van der Waals surface area contributed by atoms with E-state index in [0.717, 1.165) is 5.56 Å². The van der Waals surface area contributed by atoms with Gasteiger partial charge in [0, 0.05) is 11.4 Å². The molecule has 0 aliphatic carbocycles. The number of nitrogens with two attached hydrogens (primary N) is 1. The summed E-state index contributed by atoms with van der Waals surface area (Å²) in [4.78, 5) is 0.307. The van der Waals surface area contributed by atoms with Crippen molar-refractivity contribution < 1.29 is 16.8 Å². The van der Waals surface area contributed by atoms with Crippen LogP contribution in [0.5, 0.6) is 0 Å². The van der Waals surface area contributed by atoms with Gasteiger partial charge in [0.25, 0.3) is 10.0 Å². The van der Waals surface area contributed by atoms with Gasteiger partial charge in [0.15, 0.2) is 0 Å². The molecule has 0 aliphatic rings. The van der Waals surface area contributed by atoms with Gasteiger partial charge in [-0.05, 0) is 67.6 Å². The fourth-order valence-electron chi connectivity index (χ4n) is 2.42. The van der Waals surface area contributed by atoms with Crippen molar-refractivity contribution in [2.24, 2.45) is 0 Å². The first-order chi connectivity index (χ1) is 12.7. The number of sulfonamides is 1. The van der Waals surface area contributed by atoms with E-state index < -0.39 is 19.9 Å². The smallest absolute Gasteiger partial charge is 0.261 e. The molecule has 8 heteroatoms. The third kappa shape index (κ3) is 4.12. The van der Waals surface area contributed by atoms with Crippen LogP contribution in [0.1, 0.15) is 5.56 Å². The largest absolute Gasteiger partial charge is 0.399 e. The number of aryl methyl sites for hydroxylation is 1. The Kier molecular flexibility index (Phi) is 4.95. The van der Waals surface area contributed by atoms with Crippen LogP contribution < -0.4 is 10.5 Å². The Morgan fingerprint density at radius 1 is 0.667 bits per heavy atom. The van der Waals surface area contributed by atoms with Gasteiger partial charge in [-0.1, -0.05) is 17.7 Å². The predicted molar refractivity (Wildman–Crippen MR) is 105 cm³/mol. The fourth-order valence-corrected chi connectivity index (χ4v) is 4.74. The van der Waals surface area contributed by atoms with Gasteiger partial charge in [0.05, 0.1) is 14.7 Å². The Hall–Kier alpha value is -2.84. The number of benzene rings is 3. The van der Waals surface area contributed by atoms with Crippen LogP contribution in [0.2, 0.25) is 0 Å². The minimum absolute atomic E-state index is 0.0607. The fraction of sp³-hybridized carbons (Fsp3) is 0.0526. The minimum Gasteiger partial charge on any atom is -0.399 e. The molecule has 0 unspecified atom stereocenters. The van der Waals surface area contributed by atoms with Crippen LogP contribution in [0.15, 0.2) is 87.5 Å². The van der Waals surface area contributed by atoms with Gasteiger partial charge in [-0.2, -0.15) is 0 Å². The molecule has 0 atom stereocenters. The zero-order valence-corrected chi connectivity index (χ0v) is 16.1. The molecule has 0 fully saturated rings. The van der Waals surface area contributed by atoms with Crippen LogP contribution in [-0.2, 0) is 19.9 Å². The second-order valence-corrected chi connectivity index (χ2v) is 9.65. The van der Waals surface area contributed by atoms with Crippen LogP contribution in [0.25, 0.3) is 0 Å². The van der Waals surface area contributed by atoms with Crippen molar-refractivity contribution in [3.8, 4) is 0 Å². The molecule has 0 radical (unpaired) electrons. The number of hydrogen-bond acceptors (Lipinski definition) is 5. The highest BCUT2D eigenvalue weighted by Gasteiger charge is 2.18. The molecule has 3 rings (SSSR count). The maximum absolute atomic E-state index is 12.6. The van der Waals surface area contributed by atoms with E-state index in [1.54, 1.807) is 12.1 Å². The highest BCUT2D eigenvalue weighted by Crippen LogP contribution is 2.24. The number of nitrogen functional groups attached to an aromatic ring is 1. The number of nitrogens with one attached hydrogen (secondary N) is 1. The molecule has 0 bridgehead atoms. The van der Waals surface area contributed by atoms with Crippen molar-refractivity contribution in [3.05, 3.63) is 78.4 Å². The highest BCUT2D eigenvalue weighted by atomic mass is 32.2. The van der Waals surface area contributed by atoms with Crippen LogP contribution in [0.4, 0.5) is 11.4 Å². The van der Waals surface area contributed by atoms with Gasteiger partial charge in [-0.15, -0.1) is 0 Å². The molecular formula is C19H18N2O4S2. The van der Waals surface area contributed by atoms with Gasteiger partial charge < -0.3 is 5.73 Å². The van der Waals surface area contributed by atoms with E-state index in [2.05, 4.69) is 4.72 Å². The SMILES string of the molecule is Cc1ccc(S(=O)(=O)Nc2ccc(S(=O)(=O)c3ccc(N)cc3)cc2)cc1. The van der Waals surface area contributed by atoms with Crippen molar-refractivity contribution in [1.29, 1.82) is 0 Å². The van der Waals surface area contributed by atoms with Crippen LogP contribution in [0.3, 0.4) is 0 Å². The lowest BCUT2D eigenvalue weighted by Crippen LogP contribution is -2.13. The van der Waals surface area contributed by atoms with E-state index >= 15 is 0 Å². The normalized spacial score (nSPS) is 11.9. The molecule has 0 saturated heterocycles. The van der Waals surface area contributed by atoms with Crippen molar-refractivity contribution in [2.75, 3.05) is 10.5 Å². The van der Waals surface area contributed by atoms with Crippen LogP contribution >= 0.6 is 0 Å². The van der Waals surface area contributed by atoms with Gasteiger partial charge >= 0.3 is 0 Å². The molecule has 0 aromatic heterocycles. The third-order valence-electron chi connectivity index (χ3n) is 3.94. The van der Waals surface area contributed by atoms with Crippen LogP contribution in [0, 0.1) is 6.92 Å².